The van der Waals surface area contributed by atoms with Gasteiger partial charge in [-0.15, -0.1) is 0 Å². The van der Waals surface area contributed by atoms with E-state index in [1.54, 1.807) is 18.5 Å². The molecule has 6 rings (SSSR count). The van der Waals surface area contributed by atoms with Gasteiger partial charge in [-0.25, -0.2) is 9.97 Å². The molecule has 11 heteroatoms. The Bertz CT molecular complexity index is 1370. The second kappa shape index (κ2) is 13.2. The first kappa shape index (κ1) is 29.2. The zero-order chi connectivity index (χ0) is 29.6. The summed E-state index contributed by atoms with van der Waals surface area (Å²) in [6.07, 6.45) is 9.40. The Labute approximate surface area is 247 Å². The summed E-state index contributed by atoms with van der Waals surface area (Å²) in [6, 6.07) is 12.2. The molecule has 3 aliphatic rings. The fourth-order valence-corrected chi connectivity index (χ4v) is 5.39. The third-order valence-electron chi connectivity index (χ3n) is 8.18. The average molecular weight is 572 g/mol. The number of nitrogens with zero attached hydrogens (tertiary/aromatic N) is 6. The number of nitrogens with two attached hydrogens (primary N) is 2. The van der Waals surface area contributed by atoms with Crippen molar-refractivity contribution in [3.05, 3.63) is 65.7 Å². The van der Waals surface area contributed by atoms with E-state index in [0.29, 0.717) is 23.5 Å². The van der Waals surface area contributed by atoms with Crippen LogP contribution < -0.4 is 26.6 Å². The summed E-state index contributed by atoms with van der Waals surface area (Å²) >= 11 is 0. The van der Waals surface area contributed by atoms with Gasteiger partial charge in [0.25, 0.3) is 11.8 Å². The molecule has 3 fully saturated rings. The van der Waals surface area contributed by atoms with Gasteiger partial charge in [-0.3, -0.25) is 14.6 Å². The molecule has 1 aromatic carbocycles. The summed E-state index contributed by atoms with van der Waals surface area (Å²) in [5.74, 6) is 0.822. The predicted octanol–water partition coefficient (Wildman–Crippen LogP) is 3.51. The second-order valence-electron chi connectivity index (χ2n) is 11.4. The number of hydrogen-bond acceptors (Lipinski definition) is 9. The third kappa shape index (κ3) is 7.33. The number of piperazine rings is 1. The number of piperidine rings is 1. The van der Waals surface area contributed by atoms with Crippen LogP contribution in [0.25, 0.3) is 0 Å². The van der Waals surface area contributed by atoms with Gasteiger partial charge in [0.2, 0.25) is 0 Å². The zero-order valence-electron chi connectivity index (χ0n) is 24.5. The van der Waals surface area contributed by atoms with Crippen LogP contribution in [0.4, 0.5) is 23.0 Å². The number of pyridine rings is 1. The summed E-state index contributed by atoms with van der Waals surface area (Å²) in [5.41, 5.74) is 14.4. The number of carbonyl (C=O) groups excluding carboxylic acids is 2. The summed E-state index contributed by atoms with van der Waals surface area (Å²) in [6.45, 7) is 7.34. The number of anilines is 4. The van der Waals surface area contributed by atoms with Crippen molar-refractivity contribution in [1.29, 1.82) is 0 Å². The van der Waals surface area contributed by atoms with Crippen molar-refractivity contribution in [2.45, 2.75) is 51.0 Å². The van der Waals surface area contributed by atoms with Crippen LogP contribution in [0, 0.1) is 0 Å². The van der Waals surface area contributed by atoms with E-state index in [4.69, 9.17) is 16.5 Å². The Morgan fingerprint density at radius 2 is 1.60 bits per heavy atom. The van der Waals surface area contributed by atoms with E-state index in [9.17, 15) is 9.59 Å². The molecule has 1 saturated carbocycles. The van der Waals surface area contributed by atoms with Crippen molar-refractivity contribution in [1.82, 2.24) is 19.9 Å². The molecular formula is C31H41N9O2. The maximum atomic E-state index is 11.9. The van der Waals surface area contributed by atoms with Crippen LogP contribution in [0.2, 0.25) is 0 Å². The Morgan fingerprint density at radius 1 is 0.857 bits per heavy atom. The average Bonchev–Trinajstić information content (AvgIpc) is 3.84. The van der Waals surface area contributed by atoms with E-state index in [-0.39, 0.29) is 5.69 Å². The number of amides is 2. The van der Waals surface area contributed by atoms with Crippen molar-refractivity contribution < 1.29 is 9.59 Å². The fraction of sp³-hybridized carbons (Fsp3) is 0.452. The first-order chi connectivity index (χ1) is 20.3. The van der Waals surface area contributed by atoms with E-state index < -0.39 is 11.8 Å². The minimum Gasteiger partial charge on any atom is -0.369 e. The van der Waals surface area contributed by atoms with Crippen molar-refractivity contribution in [2.24, 2.45) is 11.5 Å². The van der Waals surface area contributed by atoms with Gasteiger partial charge in [0.1, 0.15) is 11.5 Å². The Hall–Kier alpha value is -4.25. The lowest BCUT2D eigenvalue weighted by Crippen LogP contribution is -2.44. The molecule has 0 spiro atoms. The largest absolute Gasteiger partial charge is 0.369 e. The molecule has 42 heavy (non-hydrogen) atoms. The highest BCUT2D eigenvalue weighted by Gasteiger charge is 2.24. The normalized spacial score (nSPS) is 19.0. The molecule has 2 aromatic heterocycles. The Kier molecular flexibility index (Phi) is 9.16. The maximum Gasteiger partial charge on any atom is 0.271 e. The number of benzene rings is 1. The molecule has 0 radical (unpaired) electrons. The van der Waals surface area contributed by atoms with Crippen LogP contribution in [0.1, 0.15) is 71.5 Å². The van der Waals surface area contributed by atoms with Crippen molar-refractivity contribution in [3.8, 4) is 0 Å². The van der Waals surface area contributed by atoms with Gasteiger partial charge in [0, 0.05) is 56.3 Å². The molecule has 0 bridgehead atoms. The molecule has 2 aliphatic heterocycles. The van der Waals surface area contributed by atoms with Crippen LogP contribution >= 0.6 is 0 Å². The zero-order valence-corrected chi connectivity index (χ0v) is 24.5. The highest BCUT2D eigenvalue weighted by molar-refractivity contribution is 5.96. The lowest BCUT2D eigenvalue weighted by atomic mass is 10.0. The second-order valence-corrected chi connectivity index (χ2v) is 11.4. The van der Waals surface area contributed by atoms with Gasteiger partial charge >= 0.3 is 0 Å². The first-order valence-electron chi connectivity index (χ1n) is 14.8. The molecule has 4 heterocycles. The van der Waals surface area contributed by atoms with Gasteiger partial charge in [0.15, 0.2) is 11.5 Å². The van der Waals surface area contributed by atoms with Crippen LogP contribution in [0.3, 0.4) is 0 Å². The van der Waals surface area contributed by atoms with Gasteiger partial charge in [-0.05, 0) is 87.9 Å². The van der Waals surface area contributed by atoms with E-state index in [0.717, 1.165) is 57.1 Å². The van der Waals surface area contributed by atoms with E-state index in [1.165, 1.54) is 30.5 Å². The Balaban J connectivity index is 0.000000244. The third-order valence-corrected chi connectivity index (χ3v) is 8.18. The molecule has 222 valence electrons. The summed E-state index contributed by atoms with van der Waals surface area (Å²) in [7, 11) is 2.15. The number of primary amides is 2. The molecule has 1 aliphatic carbocycles. The standard InChI is InChI=1S/C22H31N7O.C9H10N2O/c1-16-5-3-4-10-29(16)19-15-24-20(21(23)30)22(26-19)25-17-6-8-18(9-7-17)28-13-11-27(2)12-14-28;10-9(12)8-4-3-7(5-11-8)6-1-2-6/h6-9,15-16H,3-5,10-14H2,1-2H3,(H2,23,30)(H,25,26);3-6H,1-2H2,(H2,10,12). The molecule has 2 amide bonds. The van der Waals surface area contributed by atoms with Crippen molar-refractivity contribution in [3.63, 3.8) is 0 Å². The van der Waals surface area contributed by atoms with Crippen molar-refractivity contribution in [2.75, 3.05) is 54.9 Å². The molecule has 1 atom stereocenters. The molecule has 2 saturated heterocycles. The molecule has 11 nitrogen and oxygen atoms in total. The molecular weight excluding hydrogens is 530 g/mol. The minimum atomic E-state index is -0.586. The van der Waals surface area contributed by atoms with E-state index in [1.807, 2.05) is 18.2 Å². The minimum absolute atomic E-state index is 0.159. The highest BCUT2D eigenvalue weighted by Crippen LogP contribution is 2.39. The predicted molar refractivity (Wildman–Crippen MR) is 165 cm³/mol. The van der Waals surface area contributed by atoms with Crippen LogP contribution in [0.15, 0.2) is 48.8 Å². The smallest absolute Gasteiger partial charge is 0.271 e. The fourth-order valence-electron chi connectivity index (χ4n) is 5.39. The summed E-state index contributed by atoms with van der Waals surface area (Å²) < 4.78 is 0. The highest BCUT2D eigenvalue weighted by atomic mass is 16.1. The SMILES string of the molecule is CC1CCCCN1c1cnc(C(N)=O)c(Nc2ccc(N3CCN(C)CC3)cc2)n1.NC(=O)c1ccc(C2CC2)cn1. The molecule has 5 N–H and O–H groups in total. The monoisotopic (exact) mass is 571 g/mol. The number of carbonyl (C=O) groups is 2. The van der Waals surface area contributed by atoms with Gasteiger partial charge in [-0.1, -0.05) is 6.07 Å². The van der Waals surface area contributed by atoms with Crippen LogP contribution in [-0.2, 0) is 0 Å². The van der Waals surface area contributed by atoms with Gasteiger partial charge in [-0.2, -0.15) is 0 Å². The molecule has 1 unspecified atom stereocenters. The number of nitrogens with one attached hydrogen (secondary N) is 1. The van der Waals surface area contributed by atoms with Gasteiger partial charge in [0.05, 0.1) is 6.20 Å². The van der Waals surface area contributed by atoms with Gasteiger partial charge < -0.3 is 31.5 Å². The topological polar surface area (TPSA) is 147 Å². The molecule has 3 aromatic rings. The lowest BCUT2D eigenvalue weighted by molar-refractivity contribution is 0.0987. The van der Waals surface area contributed by atoms with Crippen molar-refractivity contribution >= 4 is 34.8 Å². The summed E-state index contributed by atoms with van der Waals surface area (Å²) in [5, 5.41) is 3.26. The number of hydrogen-bond donors (Lipinski definition) is 3. The van der Waals surface area contributed by atoms with E-state index in [2.05, 4.69) is 56.1 Å². The summed E-state index contributed by atoms with van der Waals surface area (Å²) in [4.78, 5) is 42.6. The maximum absolute atomic E-state index is 11.9. The number of aromatic nitrogens is 3. The van der Waals surface area contributed by atoms with E-state index >= 15 is 0 Å². The lowest BCUT2D eigenvalue weighted by Gasteiger charge is -2.34. The Morgan fingerprint density at radius 3 is 2.19 bits per heavy atom. The van der Waals surface area contributed by atoms with Crippen LogP contribution in [0.5, 0.6) is 0 Å². The van der Waals surface area contributed by atoms with Crippen LogP contribution in [-0.4, -0.2) is 77.5 Å². The number of rotatable bonds is 7. The number of likely N-dealkylation sites (N-methyl/N-ethyl adjacent to an activating group) is 1. The quantitative estimate of drug-likeness (QED) is 0.388. The first-order valence-corrected chi connectivity index (χ1v) is 14.8.